The molecule has 13 heteroatoms. The highest BCUT2D eigenvalue weighted by Gasteiger charge is 2.44. The zero-order valence-electron chi connectivity index (χ0n) is 13.7. The molecule has 0 spiro atoms. The molecule has 2 rings (SSSR count). The molecule has 1 aromatic carbocycles. The minimum Gasteiger partial charge on any atom is -0.508 e. The Morgan fingerprint density at radius 3 is 2.33 bits per heavy atom. The van der Waals surface area contributed by atoms with Gasteiger partial charge in [0.1, 0.15) is 40.6 Å². The molecule has 0 saturated carbocycles. The van der Waals surface area contributed by atoms with E-state index >= 15 is 0 Å². The third-order valence-corrected chi connectivity index (χ3v) is 5.00. The van der Waals surface area contributed by atoms with Gasteiger partial charge in [-0.15, -0.1) is 0 Å². The normalized spacial score (nSPS) is 29.5. The van der Waals surface area contributed by atoms with Crippen molar-refractivity contribution in [3.63, 3.8) is 0 Å². The van der Waals surface area contributed by atoms with E-state index in [9.17, 15) is 34.0 Å². The Morgan fingerprint density at radius 2 is 1.78 bits per heavy atom. The fourth-order valence-electron chi connectivity index (χ4n) is 2.27. The van der Waals surface area contributed by atoms with Gasteiger partial charge >= 0.3 is 10.4 Å². The van der Waals surface area contributed by atoms with Gasteiger partial charge in [0.15, 0.2) is 0 Å². The Kier molecular flexibility index (Phi) is 7.41. The molecular weight excluding hydrogens is 406 g/mol. The number of benzene rings is 1. The molecule has 0 unspecified atom stereocenters. The van der Waals surface area contributed by atoms with E-state index in [0.717, 1.165) is 0 Å². The van der Waals surface area contributed by atoms with E-state index in [0.29, 0.717) is 17.3 Å². The lowest BCUT2D eigenvalue weighted by Gasteiger charge is -2.39. The standard InChI is InChI=1S/C14H19NO10S2/c16-6-9-11(18)12(19)13(20)14(24-9)26-10(15-25-27(21,22)23)5-7-1-3-8(17)4-2-7/h1-4,9,11-14,16-20H,5-6H2,(H,21,22,23)/b15-10+/t9-,11-,12+,13-,14-/m1/s1. The molecular formula is C14H19NO10S2. The molecule has 0 bridgehead atoms. The first-order valence-corrected chi connectivity index (χ1v) is 9.83. The highest BCUT2D eigenvalue weighted by molar-refractivity contribution is 8.14. The number of ether oxygens (including phenoxy) is 1. The minimum absolute atomic E-state index is 0.00742. The van der Waals surface area contributed by atoms with Crippen LogP contribution >= 0.6 is 11.8 Å². The van der Waals surface area contributed by atoms with Crippen molar-refractivity contribution in [2.24, 2.45) is 5.16 Å². The predicted molar refractivity (Wildman–Crippen MR) is 93.2 cm³/mol. The molecule has 6 N–H and O–H groups in total. The monoisotopic (exact) mass is 425 g/mol. The molecule has 1 saturated heterocycles. The van der Waals surface area contributed by atoms with Crippen molar-refractivity contribution in [2.75, 3.05) is 6.61 Å². The average Bonchev–Trinajstić information content (AvgIpc) is 2.61. The highest BCUT2D eigenvalue weighted by Crippen LogP contribution is 2.30. The molecule has 0 radical (unpaired) electrons. The number of aliphatic hydroxyl groups is 4. The van der Waals surface area contributed by atoms with Crippen molar-refractivity contribution in [2.45, 2.75) is 36.3 Å². The molecule has 1 aliphatic rings. The summed E-state index contributed by atoms with van der Waals surface area (Å²) >= 11 is 0.671. The summed E-state index contributed by atoms with van der Waals surface area (Å²) in [7, 11) is -4.88. The van der Waals surface area contributed by atoms with E-state index in [1.165, 1.54) is 24.3 Å². The Hall–Kier alpha value is -1.45. The maximum atomic E-state index is 10.8. The molecule has 27 heavy (non-hydrogen) atoms. The van der Waals surface area contributed by atoms with Crippen molar-refractivity contribution < 1.29 is 47.5 Å². The van der Waals surface area contributed by atoms with Gasteiger partial charge in [0.2, 0.25) is 0 Å². The lowest BCUT2D eigenvalue weighted by Crippen LogP contribution is -2.57. The molecule has 0 aliphatic carbocycles. The molecule has 1 heterocycles. The molecule has 0 aromatic heterocycles. The second kappa shape index (κ2) is 9.16. The summed E-state index contributed by atoms with van der Waals surface area (Å²) in [5.74, 6) is 0.00742. The Morgan fingerprint density at radius 1 is 1.15 bits per heavy atom. The molecule has 11 nitrogen and oxygen atoms in total. The van der Waals surface area contributed by atoms with Crippen LogP contribution in [0.25, 0.3) is 0 Å². The molecule has 5 atom stereocenters. The van der Waals surface area contributed by atoms with Gasteiger partial charge in [0.25, 0.3) is 0 Å². The van der Waals surface area contributed by atoms with Crippen LogP contribution in [0.5, 0.6) is 5.75 Å². The summed E-state index contributed by atoms with van der Waals surface area (Å²) in [4.78, 5) is 0. The fraction of sp³-hybridized carbons (Fsp3) is 0.500. The first-order valence-electron chi connectivity index (χ1n) is 7.58. The second-order valence-corrected chi connectivity index (χ2v) is 7.82. The first-order chi connectivity index (χ1) is 12.6. The van der Waals surface area contributed by atoms with E-state index in [2.05, 4.69) is 9.44 Å². The zero-order valence-corrected chi connectivity index (χ0v) is 15.3. The van der Waals surface area contributed by atoms with Gasteiger partial charge in [0, 0.05) is 6.42 Å². The topological polar surface area (TPSA) is 186 Å². The first kappa shape index (κ1) is 21.8. The molecule has 152 valence electrons. The molecule has 0 amide bonds. The van der Waals surface area contributed by atoms with Gasteiger partial charge in [-0.05, 0) is 17.7 Å². The van der Waals surface area contributed by atoms with E-state index in [4.69, 9.17) is 9.29 Å². The summed E-state index contributed by atoms with van der Waals surface area (Å²) in [6.45, 7) is -0.631. The summed E-state index contributed by atoms with van der Waals surface area (Å²) in [5, 5.41) is 51.4. The van der Waals surface area contributed by atoms with Crippen LogP contribution in [0.15, 0.2) is 29.4 Å². The van der Waals surface area contributed by atoms with Crippen LogP contribution in [-0.2, 0) is 25.8 Å². The van der Waals surface area contributed by atoms with Crippen molar-refractivity contribution in [3.8, 4) is 5.75 Å². The van der Waals surface area contributed by atoms with Crippen LogP contribution in [0, 0.1) is 0 Å². The number of thioether (sulfide) groups is 1. The third-order valence-electron chi connectivity index (χ3n) is 3.63. The quantitative estimate of drug-likeness (QED) is 0.136. The summed E-state index contributed by atoms with van der Waals surface area (Å²) in [5.41, 5.74) is -0.649. The van der Waals surface area contributed by atoms with Gasteiger partial charge in [-0.3, -0.25) is 4.55 Å². The van der Waals surface area contributed by atoms with Crippen LogP contribution < -0.4 is 0 Å². The van der Waals surface area contributed by atoms with Crippen molar-refractivity contribution in [1.29, 1.82) is 0 Å². The van der Waals surface area contributed by atoms with Gasteiger partial charge in [-0.2, -0.15) is 8.42 Å². The number of nitrogens with zero attached hydrogens (tertiary/aromatic N) is 1. The Bertz CT molecular complexity index is 752. The van der Waals surface area contributed by atoms with E-state index in [1.54, 1.807) is 0 Å². The third kappa shape index (κ3) is 6.29. The van der Waals surface area contributed by atoms with Gasteiger partial charge in [-0.25, -0.2) is 4.28 Å². The number of hydrogen-bond acceptors (Lipinski definition) is 11. The van der Waals surface area contributed by atoms with Crippen LogP contribution in [0.4, 0.5) is 0 Å². The number of phenolic OH excluding ortho intramolecular Hbond substituents is 1. The maximum Gasteiger partial charge on any atom is 0.466 e. The van der Waals surface area contributed by atoms with Crippen LogP contribution in [0.3, 0.4) is 0 Å². The summed E-state index contributed by atoms with van der Waals surface area (Å²) in [6, 6.07) is 5.81. The van der Waals surface area contributed by atoms with E-state index in [-0.39, 0.29) is 17.2 Å². The Balaban J connectivity index is 2.20. The van der Waals surface area contributed by atoms with Gasteiger partial charge in [0.05, 0.1) is 6.61 Å². The number of phenols is 1. The van der Waals surface area contributed by atoms with Crippen LogP contribution in [0.2, 0.25) is 0 Å². The van der Waals surface area contributed by atoms with E-state index < -0.39 is 46.9 Å². The minimum atomic E-state index is -4.88. The van der Waals surface area contributed by atoms with Crippen molar-refractivity contribution in [1.82, 2.24) is 0 Å². The van der Waals surface area contributed by atoms with Gasteiger partial charge < -0.3 is 30.3 Å². The molecule has 1 fully saturated rings. The number of aromatic hydroxyl groups is 1. The highest BCUT2D eigenvalue weighted by atomic mass is 32.3. The maximum absolute atomic E-state index is 10.8. The zero-order chi connectivity index (χ0) is 20.2. The fourth-order valence-corrected chi connectivity index (χ4v) is 3.60. The number of oxime groups is 1. The summed E-state index contributed by atoms with van der Waals surface area (Å²) < 4.78 is 39.6. The largest absolute Gasteiger partial charge is 0.508 e. The summed E-state index contributed by atoms with van der Waals surface area (Å²) in [6.07, 6.45) is -5.93. The van der Waals surface area contributed by atoms with Gasteiger partial charge in [-0.1, -0.05) is 29.1 Å². The number of hydrogen-bond donors (Lipinski definition) is 6. The Labute approximate surface area is 158 Å². The van der Waals surface area contributed by atoms with Crippen molar-refractivity contribution in [3.05, 3.63) is 29.8 Å². The molecule has 1 aromatic rings. The van der Waals surface area contributed by atoms with Crippen LogP contribution in [0.1, 0.15) is 5.56 Å². The number of aliphatic hydroxyl groups excluding tert-OH is 4. The lowest BCUT2D eigenvalue weighted by molar-refractivity contribution is -0.205. The molecule has 1 aliphatic heterocycles. The average molecular weight is 425 g/mol. The van der Waals surface area contributed by atoms with Crippen LogP contribution in [-0.4, -0.2) is 80.0 Å². The predicted octanol–water partition coefficient (Wildman–Crippen LogP) is -1.40. The van der Waals surface area contributed by atoms with Crippen molar-refractivity contribution >= 4 is 27.2 Å². The number of rotatable bonds is 6. The van der Waals surface area contributed by atoms with E-state index in [1.807, 2.05) is 0 Å². The smallest absolute Gasteiger partial charge is 0.466 e. The lowest BCUT2D eigenvalue weighted by atomic mass is 10.0. The second-order valence-electron chi connectivity index (χ2n) is 5.65. The SMILES string of the molecule is O=S(=O)(O)O/N=C(\Cc1ccc(O)cc1)S[C@H]1O[C@H](CO)[C@@H](O)[C@H](O)[C@H]1O.